The molecule has 0 radical (unpaired) electrons. The first-order valence-corrected chi connectivity index (χ1v) is 6.23. The van der Waals surface area contributed by atoms with E-state index in [1.54, 1.807) is 6.07 Å². The number of aromatic nitrogens is 1. The molecule has 2 aromatic heterocycles. The van der Waals surface area contributed by atoms with Crippen molar-refractivity contribution in [2.45, 2.75) is 26.7 Å². The fraction of sp³-hybridized carbons (Fsp3) is 0.333. The Labute approximate surface area is 103 Å². The average molecular weight is 251 g/mol. The number of aryl methyl sites for hydroxylation is 2. The van der Waals surface area contributed by atoms with Crippen LogP contribution in [0, 0.1) is 6.92 Å². The topological polar surface area (TPSA) is 63.3 Å². The Morgan fingerprint density at radius 2 is 2.29 bits per heavy atom. The summed E-state index contributed by atoms with van der Waals surface area (Å²) in [4.78, 5) is 15.9. The molecule has 0 aliphatic carbocycles. The van der Waals surface area contributed by atoms with Crippen LogP contribution in [0.4, 0.5) is 0 Å². The van der Waals surface area contributed by atoms with Gasteiger partial charge in [0.25, 0.3) is 0 Å². The maximum Gasteiger partial charge on any atom is 0.356 e. The summed E-state index contributed by atoms with van der Waals surface area (Å²) in [5.41, 5.74) is 0.0906. The molecule has 0 bridgehead atoms. The summed E-state index contributed by atoms with van der Waals surface area (Å²) in [6.07, 6.45) is 1.74. The summed E-state index contributed by atoms with van der Waals surface area (Å²) >= 11 is 1.39. The predicted octanol–water partition coefficient (Wildman–Crippen LogP) is 3.36. The Morgan fingerprint density at radius 1 is 1.53 bits per heavy atom. The van der Waals surface area contributed by atoms with Gasteiger partial charge in [-0.15, -0.1) is 11.3 Å². The quantitative estimate of drug-likeness (QED) is 0.905. The summed E-state index contributed by atoms with van der Waals surface area (Å²) < 4.78 is 5.46. The minimum absolute atomic E-state index is 0.0906. The third-order valence-corrected chi connectivity index (χ3v) is 3.43. The lowest BCUT2D eigenvalue weighted by atomic mass is 10.3. The van der Waals surface area contributed by atoms with Crippen LogP contribution in [0.1, 0.15) is 34.6 Å². The molecule has 0 amide bonds. The summed E-state index contributed by atoms with van der Waals surface area (Å²) in [7, 11) is 0. The van der Waals surface area contributed by atoms with E-state index in [0.29, 0.717) is 10.6 Å². The number of hydrogen-bond donors (Lipinski definition) is 1. The molecule has 0 fully saturated rings. The van der Waals surface area contributed by atoms with Gasteiger partial charge in [0.15, 0.2) is 5.69 Å². The number of carbonyl (C=O) groups is 1. The summed E-state index contributed by atoms with van der Waals surface area (Å²) in [5, 5.41) is 9.96. The minimum Gasteiger partial charge on any atom is -0.476 e. The molecule has 0 atom stereocenters. The Bertz CT molecular complexity index is 542. The second-order valence-corrected chi connectivity index (χ2v) is 4.83. The number of carboxylic acids is 1. The van der Waals surface area contributed by atoms with Crippen molar-refractivity contribution >= 4 is 17.3 Å². The molecular formula is C12H13NO3S. The van der Waals surface area contributed by atoms with Gasteiger partial charge in [-0.2, -0.15) is 0 Å². The third kappa shape index (κ3) is 2.39. The Kier molecular flexibility index (Phi) is 3.28. The van der Waals surface area contributed by atoms with Crippen LogP contribution >= 0.6 is 11.3 Å². The summed E-state index contributed by atoms with van der Waals surface area (Å²) in [6, 6.07) is 3.60. The molecule has 0 aliphatic heterocycles. The highest BCUT2D eigenvalue weighted by Crippen LogP contribution is 2.32. The number of hydrogen-bond acceptors (Lipinski definition) is 4. The van der Waals surface area contributed by atoms with Crippen molar-refractivity contribution in [2.24, 2.45) is 0 Å². The third-order valence-electron chi connectivity index (χ3n) is 2.30. The van der Waals surface area contributed by atoms with Crippen molar-refractivity contribution in [1.29, 1.82) is 0 Å². The van der Waals surface area contributed by atoms with Crippen molar-refractivity contribution in [3.05, 3.63) is 28.6 Å². The van der Waals surface area contributed by atoms with E-state index in [-0.39, 0.29) is 5.69 Å². The first-order chi connectivity index (χ1) is 8.11. The van der Waals surface area contributed by atoms with Gasteiger partial charge in [0.2, 0.25) is 0 Å². The van der Waals surface area contributed by atoms with Crippen molar-refractivity contribution in [3.8, 4) is 10.6 Å². The molecule has 2 rings (SSSR count). The molecule has 0 spiro atoms. The van der Waals surface area contributed by atoms with Gasteiger partial charge in [-0.05, 0) is 31.9 Å². The second kappa shape index (κ2) is 4.71. The number of nitrogens with zero attached hydrogens (tertiary/aromatic N) is 1. The van der Waals surface area contributed by atoms with E-state index in [1.165, 1.54) is 11.3 Å². The molecule has 0 aromatic carbocycles. The van der Waals surface area contributed by atoms with Crippen molar-refractivity contribution in [3.63, 3.8) is 0 Å². The van der Waals surface area contributed by atoms with E-state index < -0.39 is 5.97 Å². The van der Waals surface area contributed by atoms with Crippen LogP contribution < -0.4 is 0 Å². The molecule has 17 heavy (non-hydrogen) atoms. The van der Waals surface area contributed by atoms with Gasteiger partial charge >= 0.3 is 5.97 Å². The molecule has 5 heteroatoms. The summed E-state index contributed by atoms with van der Waals surface area (Å²) in [5.74, 6) is 0.342. The maximum atomic E-state index is 11.1. The molecular weight excluding hydrogens is 238 g/mol. The highest BCUT2D eigenvalue weighted by atomic mass is 32.1. The number of aromatic carboxylic acids is 1. The number of rotatable bonds is 4. The molecule has 90 valence electrons. The number of thiazole rings is 1. The molecule has 2 heterocycles. The number of furan rings is 1. The Balaban J connectivity index is 2.47. The van der Waals surface area contributed by atoms with E-state index >= 15 is 0 Å². The van der Waals surface area contributed by atoms with E-state index in [0.717, 1.165) is 23.6 Å². The van der Waals surface area contributed by atoms with Crippen LogP contribution in [0.3, 0.4) is 0 Å². The number of carboxylic acid groups (broad SMARTS) is 1. The van der Waals surface area contributed by atoms with Gasteiger partial charge in [0, 0.05) is 0 Å². The smallest absolute Gasteiger partial charge is 0.356 e. The maximum absolute atomic E-state index is 11.1. The van der Waals surface area contributed by atoms with Crippen molar-refractivity contribution in [1.82, 2.24) is 4.98 Å². The van der Waals surface area contributed by atoms with Crippen molar-refractivity contribution < 1.29 is 14.3 Å². The van der Waals surface area contributed by atoms with Crippen LogP contribution in [-0.2, 0) is 6.42 Å². The minimum atomic E-state index is -1.01. The molecule has 0 saturated heterocycles. The largest absolute Gasteiger partial charge is 0.476 e. The lowest BCUT2D eigenvalue weighted by Gasteiger charge is -1.92. The standard InChI is InChI=1S/C12H13NO3S/c1-3-4-9-13-10(12(14)15)11(17-9)8-6-5-7(2)16-8/h5-6H,3-4H2,1-2H3,(H,14,15). The summed E-state index contributed by atoms with van der Waals surface area (Å²) in [6.45, 7) is 3.87. The van der Waals surface area contributed by atoms with Gasteiger partial charge in [0.1, 0.15) is 16.4 Å². The zero-order valence-corrected chi connectivity index (χ0v) is 10.5. The van der Waals surface area contributed by atoms with E-state index in [2.05, 4.69) is 4.98 Å². The Hall–Kier alpha value is -1.62. The average Bonchev–Trinajstić information content (AvgIpc) is 2.84. The normalized spacial score (nSPS) is 10.7. The van der Waals surface area contributed by atoms with Gasteiger partial charge in [-0.3, -0.25) is 0 Å². The van der Waals surface area contributed by atoms with Crippen LogP contribution in [0.15, 0.2) is 16.5 Å². The Morgan fingerprint density at radius 3 is 2.82 bits per heavy atom. The molecule has 4 nitrogen and oxygen atoms in total. The highest BCUT2D eigenvalue weighted by molar-refractivity contribution is 7.15. The first kappa shape index (κ1) is 11.9. The SMILES string of the molecule is CCCc1nc(C(=O)O)c(-c2ccc(C)o2)s1. The lowest BCUT2D eigenvalue weighted by molar-refractivity contribution is 0.0691. The molecule has 0 unspecified atom stereocenters. The van der Waals surface area contributed by atoms with Crippen LogP contribution in [0.2, 0.25) is 0 Å². The second-order valence-electron chi connectivity index (χ2n) is 3.75. The fourth-order valence-electron chi connectivity index (χ4n) is 1.55. The molecule has 1 N–H and O–H groups in total. The monoisotopic (exact) mass is 251 g/mol. The van der Waals surface area contributed by atoms with Gasteiger partial charge < -0.3 is 9.52 Å². The first-order valence-electron chi connectivity index (χ1n) is 5.41. The van der Waals surface area contributed by atoms with Gasteiger partial charge in [0.05, 0.1) is 5.01 Å². The van der Waals surface area contributed by atoms with Crippen LogP contribution in [0.5, 0.6) is 0 Å². The predicted molar refractivity (Wildman–Crippen MR) is 65.5 cm³/mol. The van der Waals surface area contributed by atoms with E-state index in [9.17, 15) is 4.79 Å². The zero-order chi connectivity index (χ0) is 12.4. The van der Waals surface area contributed by atoms with Crippen molar-refractivity contribution in [2.75, 3.05) is 0 Å². The van der Waals surface area contributed by atoms with E-state index in [4.69, 9.17) is 9.52 Å². The fourth-order valence-corrected chi connectivity index (χ4v) is 2.67. The lowest BCUT2D eigenvalue weighted by Crippen LogP contribution is -1.98. The highest BCUT2D eigenvalue weighted by Gasteiger charge is 2.20. The van der Waals surface area contributed by atoms with E-state index in [1.807, 2.05) is 19.9 Å². The van der Waals surface area contributed by atoms with Crippen LogP contribution in [-0.4, -0.2) is 16.1 Å². The van der Waals surface area contributed by atoms with Gasteiger partial charge in [-0.25, -0.2) is 9.78 Å². The zero-order valence-electron chi connectivity index (χ0n) is 9.69. The molecule has 0 aliphatic rings. The van der Waals surface area contributed by atoms with Gasteiger partial charge in [-0.1, -0.05) is 6.92 Å². The molecule has 2 aromatic rings. The molecule has 0 saturated carbocycles. The van der Waals surface area contributed by atoms with Crippen LogP contribution in [0.25, 0.3) is 10.6 Å².